The first-order chi connectivity index (χ1) is 7.69. The molecule has 88 valence electrons. The van der Waals surface area contributed by atoms with Crippen molar-refractivity contribution in [3.05, 3.63) is 41.7 Å². The van der Waals surface area contributed by atoms with Crippen LogP contribution in [0.15, 0.2) is 30.5 Å². The van der Waals surface area contributed by atoms with Crippen molar-refractivity contribution < 1.29 is 0 Å². The van der Waals surface area contributed by atoms with Crippen LogP contribution in [0.25, 0.3) is 0 Å². The van der Waals surface area contributed by atoms with E-state index in [4.69, 9.17) is 0 Å². The summed E-state index contributed by atoms with van der Waals surface area (Å²) in [6.07, 6.45) is 5.02. The molecule has 1 aromatic rings. The van der Waals surface area contributed by atoms with E-state index in [0.717, 1.165) is 19.3 Å². The van der Waals surface area contributed by atoms with Gasteiger partial charge < -0.3 is 5.32 Å². The van der Waals surface area contributed by atoms with Crippen molar-refractivity contribution in [3.8, 4) is 0 Å². The number of aryl methyl sites for hydroxylation is 1. The molecule has 0 saturated carbocycles. The van der Waals surface area contributed by atoms with Gasteiger partial charge in [-0.15, -0.1) is 6.58 Å². The van der Waals surface area contributed by atoms with Crippen LogP contribution in [0.1, 0.15) is 44.0 Å². The summed E-state index contributed by atoms with van der Waals surface area (Å²) in [4.78, 5) is 4.51. The SMILES string of the molecule is C=C(C)CCC(NC)c1ncccc1CC. The van der Waals surface area contributed by atoms with Crippen LogP contribution in [0.2, 0.25) is 0 Å². The third-order valence-corrected chi connectivity index (χ3v) is 2.85. The summed E-state index contributed by atoms with van der Waals surface area (Å²) in [5, 5.41) is 3.34. The number of allylic oxidation sites excluding steroid dienone is 1. The maximum absolute atomic E-state index is 4.51. The van der Waals surface area contributed by atoms with Crippen LogP contribution in [0.3, 0.4) is 0 Å². The Morgan fingerprint density at radius 1 is 1.56 bits per heavy atom. The van der Waals surface area contributed by atoms with Gasteiger partial charge in [0.15, 0.2) is 0 Å². The minimum absolute atomic E-state index is 0.341. The number of hydrogen-bond donors (Lipinski definition) is 1. The summed E-state index contributed by atoms with van der Waals surface area (Å²) in [7, 11) is 2.00. The fourth-order valence-corrected chi connectivity index (χ4v) is 1.87. The Labute approximate surface area is 98.8 Å². The minimum Gasteiger partial charge on any atom is -0.312 e. The fourth-order valence-electron chi connectivity index (χ4n) is 1.87. The van der Waals surface area contributed by atoms with Gasteiger partial charge in [-0.25, -0.2) is 0 Å². The lowest BCUT2D eigenvalue weighted by Gasteiger charge is -2.18. The van der Waals surface area contributed by atoms with Gasteiger partial charge in [0.1, 0.15) is 0 Å². The molecule has 1 heterocycles. The molecule has 0 radical (unpaired) electrons. The molecule has 2 nitrogen and oxygen atoms in total. The van der Waals surface area contributed by atoms with Gasteiger partial charge in [-0.2, -0.15) is 0 Å². The Hall–Kier alpha value is -1.15. The number of rotatable bonds is 6. The lowest BCUT2D eigenvalue weighted by Crippen LogP contribution is -2.19. The normalized spacial score (nSPS) is 12.4. The second-order valence-corrected chi connectivity index (χ2v) is 4.24. The molecule has 0 aromatic carbocycles. The number of pyridine rings is 1. The van der Waals surface area contributed by atoms with Crippen molar-refractivity contribution in [3.63, 3.8) is 0 Å². The minimum atomic E-state index is 0.341. The summed E-state index contributed by atoms with van der Waals surface area (Å²) in [5.41, 5.74) is 3.76. The van der Waals surface area contributed by atoms with Crippen molar-refractivity contribution in [1.29, 1.82) is 0 Å². The van der Waals surface area contributed by atoms with Crippen molar-refractivity contribution >= 4 is 0 Å². The molecule has 0 aliphatic rings. The monoisotopic (exact) mass is 218 g/mol. The van der Waals surface area contributed by atoms with Gasteiger partial charge in [0.25, 0.3) is 0 Å². The smallest absolute Gasteiger partial charge is 0.0604 e. The molecule has 0 amide bonds. The molecule has 0 spiro atoms. The van der Waals surface area contributed by atoms with Crippen molar-refractivity contribution in [2.24, 2.45) is 0 Å². The van der Waals surface area contributed by atoms with Gasteiger partial charge in [0.2, 0.25) is 0 Å². The lowest BCUT2D eigenvalue weighted by molar-refractivity contribution is 0.530. The average molecular weight is 218 g/mol. The van der Waals surface area contributed by atoms with E-state index in [9.17, 15) is 0 Å². The third kappa shape index (κ3) is 3.46. The molecule has 0 aliphatic heterocycles. The molecule has 1 unspecified atom stereocenters. The van der Waals surface area contributed by atoms with Crippen LogP contribution < -0.4 is 5.32 Å². The molecule has 1 aromatic heterocycles. The quantitative estimate of drug-likeness (QED) is 0.741. The second kappa shape index (κ2) is 6.44. The van der Waals surface area contributed by atoms with E-state index in [2.05, 4.69) is 36.8 Å². The lowest BCUT2D eigenvalue weighted by atomic mass is 9.99. The Balaban J connectivity index is 2.81. The van der Waals surface area contributed by atoms with Crippen LogP contribution in [-0.2, 0) is 6.42 Å². The van der Waals surface area contributed by atoms with E-state index in [-0.39, 0.29) is 0 Å². The first kappa shape index (κ1) is 12.9. The average Bonchev–Trinajstić information content (AvgIpc) is 2.30. The molecule has 16 heavy (non-hydrogen) atoms. The van der Waals surface area contributed by atoms with Gasteiger partial charge in [0, 0.05) is 12.2 Å². The maximum Gasteiger partial charge on any atom is 0.0604 e. The Bertz CT molecular complexity index is 344. The summed E-state index contributed by atoms with van der Waals surface area (Å²) in [5.74, 6) is 0. The van der Waals surface area contributed by atoms with Crippen molar-refractivity contribution in [1.82, 2.24) is 10.3 Å². The number of aromatic nitrogens is 1. The Kier molecular flexibility index (Phi) is 5.20. The van der Waals surface area contributed by atoms with Gasteiger partial charge in [-0.05, 0) is 44.9 Å². The van der Waals surface area contributed by atoms with Crippen molar-refractivity contribution in [2.45, 2.75) is 39.2 Å². The van der Waals surface area contributed by atoms with E-state index in [1.807, 2.05) is 19.3 Å². The number of nitrogens with one attached hydrogen (secondary N) is 1. The van der Waals surface area contributed by atoms with E-state index < -0.39 is 0 Å². The van der Waals surface area contributed by atoms with Gasteiger partial charge in [-0.1, -0.05) is 18.6 Å². The zero-order chi connectivity index (χ0) is 12.0. The standard InChI is InChI=1S/C14H22N2/c1-5-12-7-6-10-16-14(12)13(15-4)9-8-11(2)3/h6-7,10,13,15H,2,5,8-9H2,1,3-4H3. The highest BCUT2D eigenvalue weighted by molar-refractivity contribution is 5.23. The van der Waals surface area contributed by atoms with Gasteiger partial charge in [-0.3, -0.25) is 4.98 Å². The van der Waals surface area contributed by atoms with E-state index in [1.165, 1.54) is 16.8 Å². The second-order valence-electron chi connectivity index (χ2n) is 4.24. The van der Waals surface area contributed by atoms with Crippen molar-refractivity contribution in [2.75, 3.05) is 7.05 Å². The van der Waals surface area contributed by atoms with Crippen LogP contribution in [0, 0.1) is 0 Å². The first-order valence-corrected chi connectivity index (χ1v) is 5.94. The predicted molar refractivity (Wildman–Crippen MR) is 69.5 cm³/mol. The van der Waals surface area contributed by atoms with Gasteiger partial charge in [0.05, 0.1) is 5.69 Å². The zero-order valence-corrected chi connectivity index (χ0v) is 10.6. The highest BCUT2D eigenvalue weighted by Gasteiger charge is 2.13. The Morgan fingerprint density at radius 3 is 2.88 bits per heavy atom. The predicted octanol–water partition coefficient (Wildman–Crippen LogP) is 3.26. The van der Waals surface area contributed by atoms with Crippen LogP contribution >= 0.6 is 0 Å². The first-order valence-electron chi connectivity index (χ1n) is 5.94. The maximum atomic E-state index is 4.51. The van der Waals surface area contributed by atoms with Crippen LogP contribution in [0.4, 0.5) is 0 Å². The highest BCUT2D eigenvalue weighted by Crippen LogP contribution is 2.21. The number of nitrogens with zero attached hydrogens (tertiary/aromatic N) is 1. The summed E-state index contributed by atoms with van der Waals surface area (Å²) in [6, 6.07) is 4.51. The molecule has 0 aliphatic carbocycles. The Morgan fingerprint density at radius 2 is 2.31 bits per heavy atom. The molecular weight excluding hydrogens is 196 g/mol. The zero-order valence-electron chi connectivity index (χ0n) is 10.6. The summed E-state index contributed by atoms with van der Waals surface area (Å²) < 4.78 is 0. The molecule has 1 N–H and O–H groups in total. The largest absolute Gasteiger partial charge is 0.312 e. The van der Waals surface area contributed by atoms with Gasteiger partial charge >= 0.3 is 0 Å². The highest BCUT2D eigenvalue weighted by atomic mass is 14.9. The molecular formula is C14H22N2. The number of hydrogen-bond acceptors (Lipinski definition) is 2. The fraction of sp³-hybridized carbons (Fsp3) is 0.500. The molecule has 1 atom stereocenters. The van der Waals surface area contributed by atoms with E-state index in [0.29, 0.717) is 6.04 Å². The summed E-state index contributed by atoms with van der Waals surface area (Å²) in [6.45, 7) is 8.20. The molecule has 0 fully saturated rings. The topological polar surface area (TPSA) is 24.9 Å². The molecule has 2 heteroatoms. The van der Waals surface area contributed by atoms with E-state index >= 15 is 0 Å². The van der Waals surface area contributed by atoms with Crippen LogP contribution in [0.5, 0.6) is 0 Å². The molecule has 1 rings (SSSR count). The van der Waals surface area contributed by atoms with E-state index in [1.54, 1.807) is 0 Å². The third-order valence-electron chi connectivity index (χ3n) is 2.85. The summed E-state index contributed by atoms with van der Waals surface area (Å²) >= 11 is 0. The molecule has 0 bridgehead atoms. The van der Waals surface area contributed by atoms with Crippen LogP contribution in [-0.4, -0.2) is 12.0 Å². The molecule has 0 saturated heterocycles.